The van der Waals surface area contributed by atoms with Crippen molar-refractivity contribution in [2.45, 2.75) is 12.8 Å². The smallest absolute Gasteiger partial charge is 0.303 e. The van der Waals surface area contributed by atoms with Crippen molar-refractivity contribution < 1.29 is 9.90 Å². The van der Waals surface area contributed by atoms with Crippen molar-refractivity contribution in [3.8, 4) is 0 Å². The van der Waals surface area contributed by atoms with Crippen LogP contribution in [0, 0.1) is 0 Å². The third-order valence-corrected chi connectivity index (χ3v) is 1.79. The highest BCUT2D eigenvalue weighted by Gasteiger charge is 1.99. The van der Waals surface area contributed by atoms with Gasteiger partial charge in [-0.3, -0.25) is 4.79 Å². The number of carboxylic acids is 1. The maximum absolute atomic E-state index is 10.2. The summed E-state index contributed by atoms with van der Waals surface area (Å²) < 4.78 is 0.887. The van der Waals surface area contributed by atoms with Crippen LogP contribution in [0.5, 0.6) is 0 Å². The number of aliphatic carboxylic acids is 1. The van der Waals surface area contributed by atoms with Crippen molar-refractivity contribution in [3.05, 3.63) is 22.4 Å². The molecule has 0 fully saturated rings. The Kier molecular flexibility index (Phi) is 2.70. The topological polar surface area (TPSA) is 53.1 Å². The molecule has 0 radical (unpaired) electrons. The molecule has 1 aromatic heterocycles. The quantitative estimate of drug-likeness (QED) is 0.812. The second-order valence-electron chi connectivity index (χ2n) is 2.25. The molecule has 4 heteroatoms. The Labute approximate surface area is 72.6 Å². The Morgan fingerprint density at radius 2 is 2.45 bits per heavy atom. The number of rotatable bonds is 3. The number of aromatic amines is 1. The summed E-state index contributed by atoms with van der Waals surface area (Å²) in [6.07, 6.45) is 2.56. The van der Waals surface area contributed by atoms with Crippen LogP contribution in [0.25, 0.3) is 0 Å². The van der Waals surface area contributed by atoms with Crippen molar-refractivity contribution in [1.82, 2.24) is 4.98 Å². The fourth-order valence-electron chi connectivity index (χ4n) is 0.803. The molecule has 0 aliphatic heterocycles. The van der Waals surface area contributed by atoms with Gasteiger partial charge in [-0.15, -0.1) is 0 Å². The van der Waals surface area contributed by atoms with Gasteiger partial charge in [0.25, 0.3) is 0 Å². The number of aryl methyl sites for hydroxylation is 1. The zero-order valence-electron chi connectivity index (χ0n) is 5.80. The van der Waals surface area contributed by atoms with Crippen LogP contribution in [0.4, 0.5) is 0 Å². The second-order valence-corrected chi connectivity index (χ2v) is 3.10. The van der Waals surface area contributed by atoms with E-state index in [9.17, 15) is 4.79 Å². The van der Waals surface area contributed by atoms with E-state index in [0.29, 0.717) is 6.42 Å². The molecule has 1 rings (SSSR count). The third-order valence-electron chi connectivity index (χ3n) is 1.34. The molecule has 0 spiro atoms. The summed E-state index contributed by atoms with van der Waals surface area (Å²) in [5.74, 6) is -0.762. The summed E-state index contributed by atoms with van der Waals surface area (Å²) >= 11 is 3.24. The van der Waals surface area contributed by atoms with Gasteiger partial charge in [-0.2, -0.15) is 0 Å². The predicted molar refractivity (Wildman–Crippen MR) is 44.4 cm³/mol. The van der Waals surface area contributed by atoms with Gasteiger partial charge in [0, 0.05) is 12.6 Å². The van der Waals surface area contributed by atoms with Crippen LogP contribution >= 0.6 is 15.9 Å². The molecule has 0 saturated heterocycles. The molecule has 0 aromatic carbocycles. The Morgan fingerprint density at radius 1 is 1.73 bits per heavy atom. The molecular formula is C7H8BrNO2. The fourth-order valence-corrected chi connectivity index (χ4v) is 1.21. The maximum Gasteiger partial charge on any atom is 0.303 e. The summed E-state index contributed by atoms with van der Waals surface area (Å²) in [4.78, 5) is 13.1. The largest absolute Gasteiger partial charge is 0.481 e. The van der Waals surface area contributed by atoms with Crippen LogP contribution in [0.2, 0.25) is 0 Å². The number of H-pyrrole nitrogens is 1. The minimum atomic E-state index is -0.762. The number of hydrogen-bond donors (Lipinski definition) is 2. The molecule has 1 aromatic rings. The van der Waals surface area contributed by atoms with Gasteiger partial charge in [0.2, 0.25) is 0 Å². The van der Waals surface area contributed by atoms with E-state index in [1.54, 1.807) is 6.20 Å². The minimum Gasteiger partial charge on any atom is -0.481 e. The van der Waals surface area contributed by atoms with Crippen LogP contribution in [-0.2, 0) is 11.2 Å². The third kappa shape index (κ3) is 2.76. The number of halogens is 1. The average Bonchev–Trinajstić information content (AvgIpc) is 2.31. The van der Waals surface area contributed by atoms with Gasteiger partial charge in [-0.1, -0.05) is 0 Å². The van der Waals surface area contributed by atoms with Crippen LogP contribution in [0.15, 0.2) is 16.9 Å². The van der Waals surface area contributed by atoms with Gasteiger partial charge in [0.05, 0.1) is 4.60 Å². The lowest BCUT2D eigenvalue weighted by Crippen LogP contribution is -1.96. The zero-order valence-corrected chi connectivity index (χ0v) is 7.39. The Morgan fingerprint density at radius 3 is 2.91 bits per heavy atom. The molecule has 0 aliphatic carbocycles. The van der Waals surface area contributed by atoms with Crippen molar-refractivity contribution in [1.29, 1.82) is 0 Å². The fraction of sp³-hybridized carbons (Fsp3) is 0.286. The predicted octanol–water partition coefficient (Wildman–Crippen LogP) is 1.79. The van der Waals surface area contributed by atoms with Gasteiger partial charge in [0.15, 0.2) is 0 Å². The highest BCUT2D eigenvalue weighted by molar-refractivity contribution is 9.10. The summed E-state index contributed by atoms with van der Waals surface area (Å²) in [5.41, 5.74) is 1.01. The van der Waals surface area contributed by atoms with Crippen LogP contribution < -0.4 is 0 Å². The van der Waals surface area contributed by atoms with Crippen molar-refractivity contribution in [2.24, 2.45) is 0 Å². The van der Waals surface area contributed by atoms with Crippen molar-refractivity contribution in [2.75, 3.05) is 0 Å². The zero-order chi connectivity index (χ0) is 8.27. The molecule has 0 aliphatic rings. The molecule has 0 saturated carbocycles. The van der Waals surface area contributed by atoms with E-state index in [2.05, 4.69) is 20.9 Å². The Bertz CT molecular complexity index is 257. The number of carbonyl (C=O) groups is 1. The monoisotopic (exact) mass is 217 g/mol. The number of hydrogen-bond acceptors (Lipinski definition) is 1. The first-order chi connectivity index (χ1) is 5.18. The molecule has 3 nitrogen and oxygen atoms in total. The Hall–Kier alpha value is -0.770. The molecule has 0 bridgehead atoms. The van der Waals surface area contributed by atoms with Crippen LogP contribution in [0.1, 0.15) is 12.0 Å². The second kappa shape index (κ2) is 3.57. The van der Waals surface area contributed by atoms with Gasteiger partial charge in [-0.05, 0) is 34.0 Å². The molecule has 1 heterocycles. The minimum absolute atomic E-state index is 0.185. The molecular weight excluding hydrogens is 210 g/mol. The molecule has 0 unspecified atom stereocenters. The summed E-state index contributed by atoms with van der Waals surface area (Å²) in [7, 11) is 0. The van der Waals surface area contributed by atoms with E-state index in [1.165, 1.54) is 0 Å². The Balaban J connectivity index is 2.45. The maximum atomic E-state index is 10.2. The van der Waals surface area contributed by atoms with E-state index in [4.69, 9.17) is 5.11 Å². The average molecular weight is 218 g/mol. The van der Waals surface area contributed by atoms with E-state index in [1.807, 2.05) is 6.07 Å². The van der Waals surface area contributed by atoms with Gasteiger partial charge in [-0.25, -0.2) is 0 Å². The summed E-state index contributed by atoms with van der Waals surface area (Å²) in [6.45, 7) is 0. The standard InChI is InChI=1S/C7H8BrNO2/c8-6-3-5(4-9-6)1-2-7(10)11/h3-4,9H,1-2H2,(H,10,11). The van der Waals surface area contributed by atoms with Gasteiger partial charge < -0.3 is 10.1 Å². The lowest BCUT2D eigenvalue weighted by Gasteiger charge is -1.89. The first-order valence-corrected chi connectivity index (χ1v) is 4.02. The molecule has 0 atom stereocenters. The summed E-state index contributed by atoms with van der Waals surface area (Å²) in [5, 5.41) is 8.36. The van der Waals surface area contributed by atoms with Gasteiger partial charge >= 0.3 is 5.97 Å². The van der Waals surface area contributed by atoms with E-state index >= 15 is 0 Å². The lowest BCUT2D eigenvalue weighted by atomic mass is 10.2. The highest BCUT2D eigenvalue weighted by atomic mass is 79.9. The van der Waals surface area contributed by atoms with Crippen molar-refractivity contribution >= 4 is 21.9 Å². The first-order valence-electron chi connectivity index (χ1n) is 3.23. The van der Waals surface area contributed by atoms with Gasteiger partial charge in [0.1, 0.15) is 0 Å². The summed E-state index contributed by atoms with van der Waals surface area (Å²) in [6, 6.07) is 1.88. The number of nitrogens with one attached hydrogen (secondary N) is 1. The first kappa shape index (κ1) is 8.33. The van der Waals surface area contributed by atoms with Crippen LogP contribution in [0.3, 0.4) is 0 Å². The van der Waals surface area contributed by atoms with Crippen LogP contribution in [-0.4, -0.2) is 16.1 Å². The number of aromatic nitrogens is 1. The molecule has 2 N–H and O–H groups in total. The van der Waals surface area contributed by atoms with E-state index < -0.39 is 5.97 Å². The van der Waals surface area contributed by atoms with E-state index in [0.717, 1.165) is 10.2 Å². The SMILES string of the molecule is O=C(O)CCc1c[nH]c(Br)c1. The van der Waals surface area contributed by atoms with Crippen molar-refractivity contribution in [3.63, 3.8) is 0 Å². The molecule has 11 heavy (non-hydrogen) atoms. The molecule has 0 amide bonds. The normalized spacial score (nSPS) is 9.91. The van der Waals surface area contributed by atoms with E-state index in [-0.39, 0.29) is 6.42 Å². The lowest BCUT2D eigenvalue weighted by molar-refractivity contribution is -0.136. The number of carboxylic acid groups (broad SMARTS) is 1. The highest BCUT2D eigenvalue weighted by Crippen LogP contribution is 2.11. The molecule has 60 valence electrons.